The second-order valence-electron chi connectivity index (χ2n) is 11.2. The van der Waals surface area contributed by atoms with Gasteiger partial charge in [-0.25, -0.2) is 0 Å². The fourth-order valence-corrected chi connectivity index (χ4v) is 7.50. The van der Waals surface area contributed by atoms with Crippen LogP contribution in [-0.2, 0) is 28.7 Å². The van der Waals surface area contributed by atoms with Crippen molar-refractivity contribution in [2.24, 2.45) is 11.8 Å². The van der Waals surface area contributed by atoms with Crippen molar-refractivity contribution < 1.29 is 33.8 Å². The van der Waals surface area contributed by atoms with Gasteiger partial charge in [-0.2, -0.15) is 0 Å². The van der Waals surface area contributed by atoms with Crippen LogP contribution in [0.2, 0.25) is 5.02 Å². The van der Waals surface area contributed by atoms with Crippen molar-refractivity contribution in [3.05, 3.63) is 54.6 Å². The van der Waals surface area contributed by atoms with Crippen molar-refractivity contribution in [2.45, 2.75) is 67.7 Å². The van der Waals surface area contributed by atoms with E-state index >= 15 is 0 Å². The first kappa shape index (κ1) is 33.2. The molecule has 0 radical (unpaired) electrons. The van der Waals surface area contributed by atoms with E-state index in [2.05, 4.69) is 34.4 Å². The number of esters is 1. The van der Waals surface area contributed by atoms with Crippen LogP contribution in [-0.4, -0.2) is 88.6 Å². The number of carbonyl (C=O) groups excluding carboxylic acids is 4. The molecule has 234 valence electrons. The standard InChI is InChI=1S/C31H39BrClN3O7/c1-4-6-9-23(38)34-18-19(3)42-30(41)24-25-28(39)36(15-7-8-16-37)27(31(25)17-22(32)26(24)43-31)29(40)35(14-5-2)21-12-10-20(33)11-13-21/h4-5,10-13,19,22,24-27,37H,1-2,6-9,14-18H2,3H3,(H,34,38)/t19-,22?,24-,25+,26-,27-,31+/m1/s1. The Bertz CT molecular complexity index is 1230. The lowest BCUT2D eigenvalue weighted by Crippen LogP contribution is -2.57. The van der Waals surface area contributed by atoms with Crippen LogP contribution in [0.25, 0.3) is 0 Å². The fraction of sp³-hybridized carbons (Fsp3) is 0.548. The van der Waals surface area contributed by atoms with Crippen molar-refractivity contribution in [3.8, 4) is 0 Å². The number of amides is 3. The lowest BCUT2D eigenvalue weighted by atomic mass is 9.70. The van der Waals surface area contributed by atoms with Crippen molar-refractivity contribution in [3.63, 3.8) is 0 Å². The summed E-state index contributed by atoms with van der Waals surface area (Å²) in [7, 11) is 0. The fourth-order valence-electron chi connectivity index (χ4n) is 6.43. The highest BCUT2D eigenvalue weighted by atomic mass is 79.9. The van der Waals surface area contributed by atoms with E-state index in [9.17, 15) is 24.3 Å². The van der Waals surface area contributed by atoms with Crippen LogP contribution < -0.4 is 10.2 Å². The zero-order valence-electron chi connectivity index (χ0n) is 24.3. The number of unbranched alkanes of at least 4 members (excludes halogenated alkanes) is 1. The molecule has 3 heterocycles. The molecular weight excluding hydrogens is 642 g/mol. The first-order chi connectivity index (χ1) is 20.6. The summed E-state index contributed by atoms with van der Waals surface area (Å²) in [6, 6.07) is 5.81. The first-order valence-electron chi connectivity index (χ1n) is 14.6. The van der Waals surface area contributed by atoms with Crippen LogP contribution in [0.3, 0.4) is 0 Å². The van der Waals surface area contributed by atoms with Gasteiger partial charge in [0.15, 0.2) is 0 Å². The maximum absolute atomic E-state index is 14.5. The zero-order chi connectivity index (χ0) is 31.3. The molecule has 1 spiro atoms. The minimum absolute atomic E-state index is 0.0540. The van der Waals surface area contributed by atoms with Crippen LogP contribution in [0.15, 0.2) is 49.6 Å². The lowest BCUT2D eigenvalue weighted by Gasteiger charge is -2.37. The lowest BCUT2D eigenvalue weighted by molar-refractivity contribution is -0.159. The Balaban J connectivity index is 1.63. The molecule has 1 unspecified atom stereocenters. The third-order valence-corrected chi connectivity index (χ3v) is 9.39. The van der Waals surface area contributed by atoms with Crippen LogP contribution >= 0.6 is 27.5 Å². The van der Waals surface area contributed by atoms with Gasteiger partial charge in [0, 0.05) is 41.7 Å². The Labute approximate surface area is 265 Å². The monoisotopic (exact) mass is 679 g/mol. The first-order valence-corrected chi connectivity index (χ1v) is 15.9. The van der Waals surface area contributed by atoms with Gasteiger partial charge in [-0.15, -0.1) is 13.2 Å². The van der Waals surface area contributed by atoms with Gasteiger partial charge in [-0.1, -0.05) is 39.7 Å². The van der Waals surface area contributed by atoms with Crippen molar-refractivity contribution in [1.82, 2.24) is 10.2 Å². The number of alkyl halides is 1. The average Bonchev–Trinajstić information content (AvgIpc) is 3.57. The molecule has 43 heavy (non-hydrogen) atoms. The summed E-state index contributed by atoms with van der Waals surface area (Å²) in [5.74, 6) is -3.35. The smallest absolute Gasteiger partial charge is 0.312 e. The molecule has 10 nitrogen and oxygen atoms in total. The Morgan fingerprint density at radius 2 is 2.00 bits per heavy atom. The second kappa shape index (κ2) is 14.4. The van der Waals surface area contributed by atoms with E-state index in [1.165, 1.54) is 4.90 Å². The number of aliphatic hydroxyl groups excluding tert-OH is 1. The number of carbonyl (C=O) groups is 4. The van der Waals surface area contributed by atoms with Gasteiger partial charge in [0.1, 0.15) is 17.7 Å². The highest BCUT2D eigenvalue weighted by Gasteiger charge is 2.77. The van der Waals surface area contributed by atoms with E-state index in [1.807, 2.05) is 0 Å². The molecule has 3 fully saturated rings. The van der Waals surface area contributed by atoms with Gasteiger partial charge < -0.3 is 29.7 Å². The van der Waals surface area contributed by atoms with Crippen LogP contribution in [0.1, 0.15) is 39.0 Å². The topological polar surface area (TPSA) is 125 Å². The molecule has 4 rings (SSSR count). The van der Waals surface area contributed by atoms with Gasteiger partial charge in [0.05, 0.1) is 24.5 Å². The number of hydrogen-bond acceptors (Lipinski definition) is 7. The summed E-state index contributed by atoms with van der Waals surface area (Å²) in [6.07, 6.45) is 4.03. The minimum atomic E-state index is -1.26. The van der Waals surface area contributed by atoms with Gasteiger partial charge in [0.2, 0.25) is 11.8 Å². The number of likely N-dealkylation sites (tertiary alicyclic amines) is 1. The van der Waals surface area contributed by atoms with E-state index in [0.29, 0.717) is 36.4 Å². The third-order valence-electron chi connectivity index (χ3n) is 8.30. The normalized spacial score (nSPS) is 27.9. The molecule has 3 aliphatic rings. The molecule has 12 heteroatoms. The second-order valence-corrected chi connectivity index (χ2v) is 12.8. The summed E-state index contributed by atoms with van der Waals surface area (Å²) >= 11 is 9.76. The van der Waals surface area contributed by atoms with Crippen molar-refractivity contribution >= 4 is 56.9 Å². The SMILES string of the molecule is C=CCCC(=O)NC[C@@H](C)OC(=O)[C@H]1[C@@H]2O[C@@]3(CC2Br)[C@@H]1C(=O)N(CCCCO)[C@@H]3C(=O)N(CC=C)c1ccc(Cl)cc1. The molecule has 7 atom stereocenters. The molecule has 0 saturated carbocycles. The summed E-state index contributed by atoms with van der Waals surface area (Å²) in [5, 5.41) is 12.7. The van der Waals surface area contributed by atoms with Crippen molar-refractivity contribution in [1.29, 1.82) is 0 Å². The maximum Gasteiger partial charge on any atom is 0.312 e. The van der Waals surface area contributed by atoms with E-state index < -0.39 is 41.7 Å². The van der Waals surface area contributed by atoms with Gasteiger partial charge in [0.25, 0.3) is 5.91 Å². The Hall–Kier alpha value is -2.73. The quantitative estimate of drug-likeness (QED) is 0.126. The molecular formula is C31H39BrClN3O7. The number of aliphatic hydroxyl groups is 1. The molecule has 3 amide bonds. The van der Waals surface area contributed by atoms with Crippen LogP contribution in [0.4, 0.5) is 5.69 Å². The van der Waals surface area contributed by atoms with Crippen LogP contribution in [0.5, 0.6) is 0 Å². The third kappa shape index (κ3) is 6.69. The molecule has 1 aromatic carbocycles. The maximum atomic E-state index is 14.5. The summed E-state index contributed by atoms with van der Waals surface area (Å²) < 4.78 is 12.3. The van der Waals surface area contributed by atoms with E-state index in [-0.39, 0.29) is 55.2 Å². The Morgan fingerprint density at radius 1 is 1.28 bits per heavy atom. The number of benzene rings is 1. The van der Waals surface area contributed by atoms with Crippen molar-refractivity contribution in [2.75, 3.05) is 31.1 Å². The molecule has 1 aromatic rings. The molecule has 0 aliphatic carbocycles. The van der Waals surface area contributed by atoms with Gasteiger partial charge in [-0.3, -0.25) is 19.2 Å². The molecule has 3 aliphatic heterocycles. The van der Waals surface area contributed by atoms with E-state index in [1.54, 1.807) is 48.2 Å². The highest BCUT2D eigenvalue weighted by molar-refractivity contribution is 9.09. The number of ether oxygens (including phenoxy) is 2. The van der Waals surface area contributed by atoms with E-state index in [4.69, 9.17) is 21.1 Å². The predicted molar refractivity (Wildman–Crippen MR) is 166 cm³/mol. The number of nitrogens with zero attached hydrogens (tertiary/aromatic N) is 2. The van der Waals surface area contributed by atoms with E-state index in [0.717, 1.165) is 0 Å². The number of nitrogens with one attached hydrogen (secondary N) is 1. The molecule has 2 bridgehead atoms. The minimum Gasteiger partial charge on any atom is -0.460 e. The van der Waals surface area contributed by atoms with Crippen LogP contribution in [0, 0.1) is 11.8 Å². The number of rotatable bonds is 15. The molecule has 2 N–H and O–H groups in total. The summed E-state index contributed by atoms with van der Waals surface area (Å²) in [6.45, 7) is 9.55. The number of fused-ring (bicyclic) bond motifs is 1. The Morgan fingerprint density at radius 3 is 2.65 bits per heavy atom. The zero-order valence-corrected chi connectivity index (χ0v) is 26.6. The molecule has 3 saturated heterocycles. The highest BCUT2D eigenvalue weighted by Crippen LogP contribution is 2.60. The number of allylic oxidation sites excluding steroid dienone is 1. The summed E-state index contributed by atoms with van der Waals surface area (Å²) in [5.41, 5.74) is -0.677. The van der Waals surface area contributed by atoms with Gasteiger partial charge in [-0.05, 0) is 56.9 Å². The number of halogens is 2. The Kier molecular flexibility index (Phi) is 11.1. The molecule has 0 aromatic heterocycles. The summed E-state index contributed by atoms with van der Waals surface area (Å²) in [4.78, 5) is 57.0. The largest absolute Gasteiger partial charge is 0.460 e. The average molecular weight is 681 g/mol. The van der Waals surface area contributed by atoms with Gasteiger partial charge >= 0.3 is 5.97 Å². The predicted octanol–water partition coefficient (Wildman–Crippen LogP) is 3.39. The number of anilines is 1. The number of hydrogen-bond donors (Lipinski definition) is 2.